The van der Waals surface area contributed by atoms with Crippen LogP contribution in [0.2, 0.25) is 0 Å². The third-order valence-electron chi connectivity index (χ3n) is 4.21. The Labute approximate surface area is 161 Å². The van der Waals surface area contributed by atoms with Gasteiger partial charge in [-0.2, -0.15) is 0 Å². The van der Waals surface area contributed by atoms with Gasteiger partial charge in [-0.05, 0) is 22.9 Å². The van der Waals surface area contributed by atoms with E-state index < -0.39 is 5.97 Å². The van der Waals surface area contributed by atoms with E-state index in [1.165, 1.54) is 11.3 Å². The van der Waals surface area contributed by atoms with Crippen LogP contribution < -0.4 is 4.74 Å². The van der Waals surface area contributed by atoms with Gasteiger partial charge in [0.25, 0.3) is 0 Å². The van der Waals surface area contributed by atoms with Crippen LogP contribution in [0.4, 0.5) is 0 Å². The maximum atomic E-state index is 12.6. The number of ether oxygens (including phenoxy) is 2. The first-order valence-electron chi connectivity index (χ1n) is 8.48. The third kappa shape index (κ3) is 3.68. The van der Waals surface area contributed by atoms with Crippen LogP contribution >= 0.6 is 11.3 Å². The van der Waals surface area contributed by atoms with Crippen LogP contribution in [-0.2, 0) is 11.3 Å². The highest BCUT2D eigenvalue weighted by Crippen LogP contribution is 2.27. The van der Waals surface area contributed by atoms with Crippen molar-refractivity contribution < 1.29 is 14.3 Å². The number of rotatable bonds is 5. The lowest BCUT2D eigenvalue weighted by molar-refractivity contribution is 0.0465. The van der Waals surface area contributed by atoms with Gasteiger partial charge in [0.05, 0.1) is 12.8 Å². The molecule has 0 saturated carbocycles. The van der Waals surface area contributed by atoms with Crippen LogP contribution in [0, 0.1) is 0 Å². The molecular weight excluding hydrogens is 358 g/mol. The SMILES string of the molecule is COc1cc2ccccc2cc1C(=O)OCc1csc(-c2ccccc2)n1. The molecule has 0 amide bonds. The average molecular weight is 375 g/mol. The number of hydrogen-bond donors (Lipinski definition) is 0. The zero-order chi connectivity index (χ0) is 18.6. The van der Waals surface area contributed by atoms with Crippen molar-refractivity contribution in [2.24, 2.45) is 0 Å². The highest BCUT2D eigenvalue weighted by molar-refractivity contribution is 7.13. The van der Waals surface area contributed by atoms with E-state index in [1.54, 1.807) is 13.2 Å². The second kappa shape index (κ2) is 7.60. The summed E-state index contributed by atoms with van der Waals surface area (Å²) >= 11 is 1.53. The summed E-state index contributed by atoms with van der Waals surface area (Å²) in [6, 6.07) is 21.4. The predicted molar refractivity (Wildman–Crippen MR) is 107 cm³/mol. The summed E-state index contributed by atoms with van der Waals surface area (Å²) in [6.45, 7) is 0.123. The van der Waals surface area contributed by atoms with Crippen molar-refractivity contribution in [3.63, 3.8) is 0 Å². The van der Waals surface area contributed by atoms with Crippen molar-refractivity contribution in [2.75, 3.05) is 7.11 Å². The first kappa shape index (κ1) is 17.2. The minimum absolute atomic E-state index is 0.123. The molecule has 0 aliphatic rings. The second-order valence-corrected chi connectivity index (χ2v) is 6.84. The summed E-state index contributed by atoms with van der Waals surface area (Å²) in [7, 11) is 1.55. The summed E-state index contributed by atoms with van der Waals surface area (Å²) < 4.78 is 10.9. The van der Waals surface area contributed by atoms with Gasteiger partial charge >= 0.3 is 5.97 Å². The minimum atomic E-state index is -0.424. The number of carbonyl (C=O) groups excluding carboxylic acids is 1. The molecule has 0 aliphatic heterocycles. The molecule has 0 radical (unpaired) electrons. The molecule has 0 bridgehead atoms. The van der Waals surface area contributed by atoms with Gasteiger partial charge in [0.2, 0.25) is 0 Å². The van der Waals surface area contributed by atoms with Crippen molar-refractivity contribution in [1.29, 1.82) is 0 Å². The van der Waals surface area contributed by atoms with Crippen LogP contribution in [0.25, 0.3) is 21.3 Å². The molecule has 0 unspecified atom stereocenters. The van der Waals surface area contributed by atoms with Gasteiger partial charge in [-0.25, -0.2) is 9.78 Å². The van der Waals surface area contributed by atoms with Crippen molar-refractivity contribution in [2.45, 2.75) is 6.61 Å². The van der Waals surface area contributed by atoms with Gasteiger partial charge in [-0.1, -0.05) is 54.6 Å². The normalized spacial score (nSPS) is 10.7. The van der Waals surface area contributed by atoms with Crippen molar-refractivity contribution in [3.8, 4) is 16.3 Å². The lowest BCUT2D eigenvalue weighted by atomic mass is 10.1. The van der Waals surface area contributed by atoms with Gasteiger partial charge < -0.3 is 9.47 Å². The number of thiazole rings is 1. The van der Waals surface area contributed by atoms with Crippen molar-refractivity contribution in [3.05, 3.63) is 83.4 Å². The summed E-state index contributed by atoms with van der Waals surface area (Å²) in [6.07, 6.45) is 0. The first-order chi connectivity index (χ1) is 13.2. The Hall–Kier alpha value is -3.18. The number of esters is 1. The fraction of sp³-hybridized carbons (Fsp3) is 0.0909. The van der Waals surface area contributed by atoms with E-state index in [0.717, 1.165) is 27.0 Å². The number of carbonyl (C=O) groups is 1. The smallest absolute Gasteiger partial charge is 0.342 e. The van der Waals surface area contributed by atoms with Crippen LogP contribution in [-0.4, -0.2) is 18.1 Å². The van der Waals surface area contributed by atoms with Crippen LogP contribution in [0.15, 0.2) is 72.1 Å². The van der Waals surface area contributed by atoms with Crippen LogP contribution in [0.1, 0.15) is 16.1 Å². The molecule has 27 heavy (non-hydrogen) atoms. The molecular formula is C22H17NO3S. The lowest BCUT2D eigenvalue weighted by Crippen LogP contribution is -2.07. The Kier molecular flexibility index (Phi) is 4.85. The van der Waals surface area contributed by atoms with E-state index in [-0.39, 0.29) is 6.61 Å². The third-order valence-corrected chi connectivity index (χ3v) is 5.15. The fourth-order valence-electron chi connectivity index (χ4n) is 2.85. The molecule has 0 N–H and O–H groups in total. The minimum Gasteiger partial charge on any atom is -0.496 e. The Balaban J connectivity index is 1.51. The highest BCUT2D eigenvalue weighted by atomic mass is 32.1. The Morgan fingerprint density at radius 2 is 1.70 bits per heavy atom. The number of hydrogen-bond acceptors (Lipinski definition) is 5. The number of methoxy groups -OCH3 is 1. The second-order valence-electron chi connectivity index (χ2n) is 5.99. The predicted octanol–water partition coefficient (Wildman–Crippen LogP) is 5.33. The Morgan fingerprint density at radius 3 is 2.44 bits per heavy atom. The van der Waals surface area contributed by atoms with Gasteiger partial charge in [0.1, 0.15) is 22.9 Å². The maximum absolute atomic E-state index is 12.6. The molecule has 1 heterocycles. The summed E-state index contributed by atoms with van der Waals surface area (Å²) in [5.74, 6) is 0.0776. The van der Waals surface area contributed by atoms with E-state index in [0.29, 0.717) is 11.3 Å². The molecule has 0 fully saturated rings. The molecule has 4 rings (SSSR count). The standard InChI is InChI=1S/C22H17NO3S/c1-25-20-12-17-10-6-5-9-16(17)11-19(20)22(24)26-13-18-14-27-21(23-18)15-7-3-2-4-8-15/h2-12,14H,13H2,1H3. The Bertz CT molecular complexity index is 1090. The van der Waals surface area contributed by atoms with Gasteiger partial charge in [-0.15, -0.1) is 11.3 Å². The lowest BCUT2D eigenvalue weighted by Gasteiger charge is -2.10. The zero-order valence-corrected chi connectivity index (χ0v) is 15.5. The van der Waals surface area contributed by atoms with Gasteiger partial charge in [0, 0.05) is 10.9 Å². The number of fused-ring (bicyclic) bond motifs is 1. The quantitative estimate of drug-likeness (QED) is 0.443. The molecule has 5 heteroatoms. The molecule has 0 saturated heterocycles. The zero-order valence-electron chi connectivity index (χ0n) is 14.7. The summed E-state index contributed by atoms with van der Waals surface area (Å²) in [5, 5.41) is 4.79. The average Bonchev–Trinajstić information content (AvgIpc) is 3.20. The van der Waals surface area contributed by atoms with Crippen LogP contribution in [0.3, 0.4) is 0 Å². The largest absolute Gasteiger partial charge is 0.496 e. The fourth-order valence-corrected chi connectivity index (χ4v) is 3.66. The first-order valence-corrected chi connectivity index (χ1v) is 9.36. The topological polar surface area (TPSA) is 48.4 Å². The number of nitrogens with zero attached hydrogens (tertiary/aromatic N) is 1. The molecule has 134 valence electrons. The van der Waals surface area contributed by atoms with Crippen molar-refractivity contribution in [1.82, 2.24) is 4.98 Å². The van der Waals surface area contributed by atoms with Gasteiger partial charge in [0.15, 0.2) is 0 Å². The number of aromatic nitrogens is 1. The maximum Gasteiger partial charge on any atom is 0.342 e. The van der Waals surface area contributed by atoms with E-state index >= 15 is 0 Å². The van der Waals surface area contributed by atoms with Gasteiger partial charge in [-0.3, -0.25) is 0 Å². The van der Waals surface area contributed by atoms with E-state index in [2.05, 4.69) is 4.98 Å². The molecule has 0 spiro atoms. The highest BCUT2D eigenvalue weighted by Gasteiger charge is 2.16. The molecule has 4 nitrogen and oxygen atoms in total. The van der Waals surface area contributed by atoms with Crippen LogP contribution in [0.5, 0.6) is 5.75 Å². The molecule has 0 atom stereocenters. The number of benzene rings is 3. The molecule has 3 aromatic carbocycles. The van der Waals surface area contributed by atoms with E-state index in [1.807, 2.05) is 66.0 Å². The monoisotopic (exact) mass is 375 g/mol. The summed E-state index contributed by atoms with van der Waals surface area (Å²) in [5.41, 5.74) is 2.19. The molecule has 0 aliphatic carbocycles. The molecule has 4 aromatic rings. The summed E-state index contributed by atoms with van der Waals surface area (Å²) in [4.78, 5) is 17.1. The van der Waals surface area contributed by atoms with E-state index in [9.17, 15) is 4.79 Å². The van der Waals surface area contributed by atoms with E-state index in [4.69, 9.17) is 9.47 Å². The molecule has 1 aromatic heterocycles. The Morgan fingerprint density at radius 1 is 1.00 bits per heavy atom. The van der Waals surface area contributed by atoms with Crippen molar-refractivity contribution >= 4 is 28.1 Å².